The summed E-state index contributed by atoms with van der Waals surface area (Å²) in [4.78, 5) is 4.36. The van der Waals surface area contributed by atoms with E-state index in [4.69, 9.17) is 11.6 Å². The third kappa shape index (κ3) is 2.39. The van der Waals surface area contributed by atoms with Gasteiger partial charge in [0.05, 0.1) is 0 Å². The standard InChI is InChI=1S/C13H18ClN5/c1-9-17-18-13-12(15-5-6-19(9)13)16-8-11-4-2-3-10(11)7-14/h5-6,10-11H,2-4,7-8H2,1H3,(H,15,16). The summed E-state index contributed by atoms with van der Waals surface area (Å²) in [6, 6.07) is 0. The number of nitrogens with one attached hydrogen (secondary N) is 1. The van der Waals surface area contributed by atoms with Gasteiger partial charge in [0.25, 0.3) is 0 Å². The molecule has 3 rings (SSSR count). The highest BCUT2D eigenvalue weighted by molar-refractivity contribution is 6.18. The van der Waals surface area contributed by atoms with Crippen LogP contribution >= 0.6 is 11.6 Å². The van der Waals surface area contributed by atoms with Crippen molar-refractivity contribution in [2.24, 2.45) is 11.8 Å². The van der Waals surface area contributed by atoms with Crippen molar-refractivity contribution in [3.8, 4) is 0 Å². The molecule has 1 aliphatic rings. The number of hydrogen-bond acceptors (Lipinski definition) is 4. The van der Waals surface area contributed by atoms with Crippen LogP contribution in [0.15, 0.2) is 12.4 Å². The SMILES string of the molecule is Cc1nnc2c(NCC3CCCC3CCl)nccn12. The normalized spacial score (nSPS) is 23.1. The van der Waals surface area contributed by atoms with E-state index in [-0.39, 0.29) is 0 Å². The third-order valence-electron chi connectivity index (χ3n) is 4.04. The summed E-state index contributed by atoms with van der Waals surface area (Å²) in [7, 11) is 0. The van der Waals surface area contributed by atoms with E-state index in [1.165, 1.54) is 19.3 Å². The molecule has 2 aromatic rings. The van der Waals surface area contributed by atoms with E-state index in [1.54, 1.807) is 6.20 Å². The molecule has 0 bridgehead atoms. The number of anilines is 1. The number of rotatable bonds is 4. The zero-order valence-corrected chi connectivity index (χ0v) is 11.8. The summed E-state index contributed by atoms with van der Waals surface area (Å²) < 4.78 is 1.95. The molecule has 1 N–H and O–H groups in total. The minimum absolute atomic E-state index is 0.633. The monoisotopic (exact) mass is 279 g/mol. The van der Waals surface area contributed by atoms with Crippen LogP contribution in [0.4, 0.5) is 5.82 Å². The molecule has 1 fully saturated rings. The van der Waals surface area contributed by atoms with Crippen LogP contribution < -0.4 is 5.32 Å². The number of alkyl halides is 1. The molecule has 0 spiro atoms. The van der Waals surface area contributed by atoms with Crippen LogP contribution in [0, 0.1) is 18.8 Å². The van der Waals surface area contributed by atoms with Gasteiger partial charge in [-0.05, 0) is 31.6 Å². The second-order valence-electron chi connectivity index (χ2n) is 5.20. The first-order chi connectivity index (χ1) is 9.29. The van der Waals surface area contributed by atoms with Crippen molar-refractivity contribution in [2.75, 3.05) is 17.7 Å². The molecule has 1 saturated carbocycles. The highest BCUT2D eigenvalue weighted by Crippen LogP contribution is 2.32. The maximum absolute atomic E-state index is 6.01. The first kappa shape index (κ1) is 12.7. The minimum Gasteiger partial charge on any atom is -0.367 e. The predicted molar refractivity (Wildman–Crippen MR) is 75.6 cm³/mol. The van der Waals surface area contributed by atoms with Crippen molar-refractivity contribution in [1.82, 2.24) is 19.6 Å². The second-order valence-corrected chi connectivity index (χ2v) is 5.51. The van der Waals surface area contributed by atoms with Gasteiger partial charge in [0.1, 0.15) is 5.82 Å². The third-order valence-corrected chi connectivity index (χ3v) is 4.44. The Kier molecular flexibility index (Phi) is 3.55. The molecular formula is C13H18ClN5. The zero-order chi connectivity index (χ0) is 13.2. The van der Waals surface area contributed by atoms with Gasteiger partial charge in [0.2, 0.25) is 5.65 Å². The molecule has 2 heterocycles. The van der Waals surface area contributed by atoms with Crippen LogP contribution in [-0.4, -0.2) is 32.0 Å². The number of aryl methyl sites for hydroxylation is 1. The summed E-state index contributed by atoms with van der Waals surface area (Å²) in [5, 5.41) is 11.7. The maximum atomic E-state index is 6.01. The molecule has 5 nitrogen and oxygen atoms in total. The van der Waals surface area contributed by atoms with E-state index < -0.39 is 0 Å². The lowest BCUT2D eigenvalue weighted by atomic mass is 9.98. The van der Waals surface area contributed by atoms with E-state index in [0.29, 0.717) is 11.8 Å². The summed E-state index contributed by atoms with van der Waals surface area (Å²) in [6.45, 7) is 2.85. The Labute approximate surface area is 117 Å². The molecule has 19 heavy (non-hydrogen) atoms. The molecule has 1 aliphatic carbocycles. The first-order valence-corrected chi connectivity index (χ1v) is 7.29. The van der Waals surface area contributed by atoms with E-state index >= 15 is 0 Å². The molecule has 2 unspecified atom stereocenters. The molecule has 0 aromatic carbocycles. The average molecular weight is 280 g/mol. The fraction of sp³-hybridized carbons (Fsp3) is 0.615. The topological polar surface area (TPSA) is 55.1 Å². The van der Waals surface area contributed by atoms with Crippen molar-refractivity contribution < 1.29 is 0 Å². The van der Waals surface area contributed by atoms with Crippen molar-refractivity contribution in [3.63, 3.8) is 0 Å². The molecule has 102 valence electrons. The van der Waals surface area contributed by atoms with Gasteiger partial charge in [-0.1, -0.05) is 6.42 Å². The van der Waals surface area contributed by atoms with Gasteiger partial charge in [-0.2, -0.15) is 0 Å². The molecule has 0 radical (unpaired) electrons. The molecule has 2 aromatic heterocycles. The van der Waals surface area contributed by atoms with Crippen LogP contribution in [0.5, 0.6) is 0 Å². The molecule has 0 amide bonds. The van der Waals surface area contributed by atoms with Crippen molar-refractivity contribution >= 4 is 23.1 Å². The fourth-order valence-corrected chi connectivity index (χ4v) is 3.29. The van der Waals surface area contributed by atoms with Gasteiger partial charge < -0.3 is 5.32 Å². The van der Waals surface area contributed by atoms with Crippen molar-refractivity contribution in [3.05, 3.63) is 18.2 Å². The van der Waals surface area contributed by atoms with E-state index in [9.17, 15) is 0 Å². The number of nitrogens with zero attached hydrogens (tertiary/aromatic N) is 4. The quantitative estimate of drug-likeness (QED) is 0.874. The Morgan fingerprint density at radius 3 is 3.05 bits per heavy atom. The number of fused-ring (bicyclic) bond motifs is 1. The lowest BCUT2D eigenvalue weighted by Crippen LogP contribution is -2.20. The second kappa shape index (κ2) is 5.33. The Morgan fingerprint density at radius 2 is 2.21 bits per heavy atom. The highest BCUT2D eigenvalue weighted by atomic mass is 35.5. The lowest BCUT2D eigenvalue weighted by Gasteiger charge is -2.17. The molecule has 0 aliphatic heterocycles. The number of aromatic nitrogens is 4. The Hall–Kier alpha value is -1.36. The average Bonchev–Trinajstić information content (AvgIpc) is 3.03. The summed E-state index contributed by atoms with van der Waals surface area (Å²) >= 11 is 6.01. The molecule has 0 saturated heterocycles. The van der Waals surface area contributed by atoms with Crippen LogP contribution in [0.25, 0.3) is 5.65 Å². The number of halogens is 1. The van der Waals surface area contributed by atoms with E-state index in [2.05, 4.69) is 20.5 Å². The summed E-state index contributed by atoms with van der Waals surface area (Å²) in [6.07, 6.45) is 7.44. The molecular weight excluding hydrogens is 262 g/mol. The smallest absolute Gasteiger partial charge is 0.203 e. The van der Waals surface area contributed by atoms with E-state index in [1.807, 2.05) is 17.5 Å². The maximum Gasteiger partial charge on any atom is 0.203 e. The van der Waals surface area contributed by atoms with Crippen molar-refractivity contribution in [1.29, 1.82) is 0 Å². The predicted octanol–water partition coefficient (Wildman–Crippen LogP) is 2.50. The van der Waals surface area contributed by atoms with Crippen LogP contribution in [-0.2, 0) is 0 Å². The van der Waals surface area contributed by atoms with Gasteiger partial charge in [-0.25, -0.2) is 4.98 Å². The van der Waals surface area contributed by atoms with Crippen LogP contribution in [0.2, 0.25) is 0 Å². The van der Waals surface area contributed by atoms with Gasteiger partial charge in [0.15, 0.2) is 5.82 Å². The Bertz CT molecular complexity index is 567. The van der Waals surface area contributed by atoms with Crippen LogP contribution in [0.3, 0.4) is 0 Å². The molecule has 6 heteroatoms. The highest BCUT2D eigenvalue weighted by Gasteiger charge is 2.26. The Balaban J connectivity index is 1.75. The summed E-state index contributed by atoms with van der Waals surface area (Å²) in [5.74, 6) is 3.72. The van der Waals surface area contributed by atoms with Gasteiger partial charge in [-0.3, -0.25) is 4.40 Å². The van der Waals surface area contributed by atoms with Crippen molar-refractivity contribution in [2.45, 2.75) is 26.2 Å². The largest absolute Gasteiger partial charge is 0.367 e. The van der Waals surface area contributed by atoms with Crippen LogP contribution in [0.1, 0.15) is 25.1 Å². The zero-order valence-electron chi connectivity index (χ0n) is 11.0. The first-order valence-electron chi connectivity index (χ1n) is 6.75. The van der Waals surface area contributed by atoms with E-state index in [0.717, 1.165) is 29.7 Å². The minimum atomic E-state index is 0.633. The van der Waals surface area contributed by atoms with Gasteiger partial charge in [0, 0.05) is 24.8 Å². The van der Waals surface area contributed by atoms with Gasteiger partial charge in [-0.15, -0.1) is 21.8 Å². The fourth-order valence-electron chi connectivity index (χ4n) is 2.88. The van der Waals surface area contributed by atoms with Gasteiger partial charge >= 0.3 is 0 Å². The summed E-state index contributed by atoms with van der Waals surface area (Å²) in [5.41, 5.74) is 0.792. The lowest BCUT2D eigenvalue weighted by molar-refractivity contribution is 0.444. The Morgan fingerprint density at radius 1 is 1.37 bits per heavy atom. The molecule has 2 atom stereocenters. The number of hydrogen-bond donors (Lipinski definition) is 1.